The Morgan fingerprint density at radius 1 is 1.35 bits per heavy atom. The van der Waals surface area contributed by atoms with Crippen LogP contribution in [0.25, 0.3) is 0 Å². The fourth-order valence-corrected chi connectivity index (χ4v) is 3.66. The van der Waals surface area contributed by atoms with Crippen LogP contribution in [0.1, 0.15) is 13.8 Å². The maximum Gasteiger partial charge on any atom is 0.246 e. The number of nitrogens with zero attached hydrogens (tertiary/aromatic N) is 1. The van der Waals surface area contributed by atoms with E-state index in [1.165, 1.54) is 10.4 Å². The molecule has 4 nitrogen and oxygen atoms in total. The van der Waals surface area contributed by atoms with Crippen molar-refractivity contribution in [3.05, 3.63) is 22.4 Å². The van der Waals surface area contributed by atoms with Gasteiger partial charge in [-0.1, -0.05) is 13.8 Å². The fraction of sp³-hybridized carbons (Fsp3) is 0.400. The van der Waals surface area contributed by atoms with Crippen molar-refractivity contribution in [1.29, 1.82) is 0 Å². The summed E-state index contributed by atoms with van der Waals surface area (Å²) in [4.78, 5) is -0.395. The van der Waals surface area contributed by atoms with Gasteiger partial charge < -0.3 is 5.73 Å². The number of rotatable bonds is 4. The number of anilines is 1. The Hall–Kier alpha value is -0.660. The molecule has 17 heavy (non-hydrogen) atoms. The molecule has 1 aromatic rings. The molecular weight excluding hydrogens is 311 g/mol. The van der Waals surface area contributed by atoms with E-state index in [9.17, 15) is 12.8 Å². The van der Waals surface area contributed by atoms with Crippen LogP contribution in [0.3, 0.4) is 0 Å². The second kappa shape index (κ2) is 5.32. The van der Waals surface area contributed by atoms with Crippen molar-refractivity contribution in [2.45, 2.75) is 18.7 Å². The molecule has 1 rings (SSSR count). The lowest BCUT2D eigenvalue weighted by Gasteiger charge is -2.19. The summed E-state index contributed by atoms with van der Waals surface area (Å²) in [5.41, 5.74) is 5.73. The standard InChI is InChI=1S/C10H14BrFN2O2S/c1-3-14(4-2)17(15,16)9-6-7(13)5-8(11)10(9)12/h5-6H,3-4,13H2,1-2H3. The van der Waals surface area contributed by atoms with Gasteiger partial charge in [-0.25, -0.2) is 12.8 Å². The van der Waals surface area contributed by atoms with Crippen LogP contribution in [0, 0.1) is 5.82 Å². The largest absolute Gasteiger partial charge is 0.399 e. The third kappa shape index (κ3) is 2.78. The summed E-state index contributed by atoms with van der Waals surface area (Å²) in [5.74, 6) is -0.814. The molecular formula is C10H14BrFN2O2S. The highest BCUT2D eigenvalue weighted by molar-refractivity contribution is 9.10. The topological polar surface area (TPSA) is 63.4 Å². The quantitative estimate of drug-likeness (QED) is 0.863. The lowest BCUT2D eigenvalue weighted by Crippen LogP contribution is -2.31. The lowest BCUT2D eigenvalue weighted by molar-refractivity contribution is 0.439. The summed E-state index contributed by atoms with van der Waals surface area (Å²) < 4.78 is 39.3. The smallest absolute Gasteiger partial charge is 0.246 e. The molecule has 0 unspecified atom stereocenters. The number of sulfonamides is 1. The van der Waals surface area contributed by atoms with Crippen LogP contribution in [0.2, 0.25) is 0 Å². The van der Waals surface area contributed by atoms with Crippen molar-refractivity contribution in [3.63, 3.8) is 0 Å². The van der Waals surface area contributed by atoms with Gasteiger partial charge in [0.15, 0.2) is 5.82 Å². The van der Waals surface area contributed by atoms with Crippen molar-refractivity contribution < 1.29 is 12.8 Å². The molecule has 0 atom stereocenters. The van der Waals surface area contributed by atoms with E-state index >= 15 is 0 Å². The molecule has 0 fully saturated rings. The molecule has 0 amide bonds. The van der Waals surface area contributed by atoms with Crippen LogP contribution in [-0.4, -0.2) is 25.8 Å². The third-order valence-corrected chi connectivity index (χ3v) is 4.97. The molecule has 0 aliphatic rings. The predicted octanol–water partition coefficient (Wildman–Crippen LogP) is 2.20. The van der Waals surface area contributed by atoms with E-state index in [-0.39, 0.29) is 23.2 Å². The molecule has 7 heteroatoms. The minimum atomic E-state index is -3.83. The van der Waals surface area contributed by atoms with Gasteiger partial charge in [0.2, 0.25) is 10.0 Å². The second-order valence-corrected chi connectivity index (χ2v) is 6.16. The molecule has 0 aliphatic heterocycles. The summed E-state index contributed by atoms with van der Waals surface area (Å²) in [5, 5.41) is 0. The average molecular weight is 325 g/mol. The summed E-state index contributed by atoms with van der Waals surface area (Å²) in [7, 11) is -3.83. The van der Waals surface area contributed by atoms with E-state index < -0.39 is 20.7 Å². The third-order valence-electron chi connectivity index (χ3n) is 2.34. The second-order valence-electron chi connectivity index (χ2n) is 3.40. The maximum atomic E-state index is 13.8. The Bertz CT molecular complexity index is 515. The van der Waals surface area contributed by atoms with Gasteiger partial charge in [0.05, 0.1) is 4.47 Å². The molecule has 1 aromatic carbocycles. The van der Waals surface area contributed by atoms with E-state index in [2.05, 4.69) is 15.9 Å². The highest BCUT2D eigenvalue weighted by atomic mass is 79.9. The van der Waals surface area contributed by atoms with Crippen LogP contribution < -0.4 is 5.73 Å². The molecule has 0 radical (unpaired) electrons. The van der Waals surface area contributed by atoms with Crippen LogP contribution >= 0.6 is 15.9 Å². The molecule has 0 heterocycles. The zero-order chi connectivity index (χ0) is 13.2. The zero-order valence-corrected chi connectivity index (χ0v) is 12.0. The van der Waals surface area contributed by atoms with Crippen molar-refractivity contribution in [2.75, 3.05) is 18.8 Å². The minimum absolute atomic E-state index is 0.0447. The summed E-state index contributed by atoms with van der Waals surface area (Å²) in [6.45, 7) is 3.95. The average Bonchev–Trinajstić information content (AvgIpc) is 2.24. The number of hydrogen-bond donors (Lipinski definition) is 1. The van der Waals surface area contributed by atoms with Gasteiger partial charge in [0.25, 0.3) is 0 Å². The molecule has 0 saturated heterocycles. The normalized spacial score (nSPS) is 12.1. The predicted molar refractivity (Wildman–Crippen MR) is 68.6 cm³/mol. The minimum Gasteiger partial charge on any atom is -0.399 e. The first-order valence-corrected chi connectivity index (χ1v) is 7.32. The summed E-state index contributed by atoms with van der Waals surface area (Å²) in [6.07, 6.45) is 0. The van der Waals surface area contributed by atoms with Crippen LogP contribution in [0.4, 0.5) is 10.1 Å². The Morgan fingerprint density at radius 2 is 1.88 bits per heavy atom. The number of nitrogens with two attached hydrogens (primary N) is 1. The Kier molecular flexibility index (Phi) is 4.51. The van der Waals surface area contributed by atoms with E-state index in [1.807, 2.05) is 0 Å². The highest BCUT2D eigenvalue weighted by Gasteiger charge is 2.26. The Morgan fingerprint density at radius 3 is 2.35 bits per heavy atom. The number of halogens is 2. The van der Waals surface area contributed by atoms with Gasteiger partial charge in [-0.05, 0) is 28.1 Å². The van der Waals surface area contributed by atoms with Gasteiger partial charge in [-0.15, -0.1) is 0 Å². The summed E-state index contributed by atoms with van der Waals surface area (Å²) >= 11 is 2.94. The van der Waals surface area contributed by atoms with E-state index in [0.29, 0.717) is 0 Å². The Labute approximate surface area is 109 Å². The number of benzene rings is 1. The van der Waals surface area contributed by atoms with Crippen LogP contribution in [0.5, 0.6) is 0 Å². The first-order chi connectivity index (χ1) is 7.84. The SMILES string of the molecule is CCN(CC)S(=O)(=O)c1cc(N)cc(Br)c1F. The van der Waals surface area contributed by atoms with Crippen LogP contribution in [-0.2, 0) is 10.0 Å². The number of nitrogen functional groups attached to an aromatic ring is 1. The molecule has 0 bridgehead atoms. The molecule has 0 aliphatic carbocycles. The molecule has 2 N–H and O–H groups in total. The Balaban J connectivity index is 3.43. The van der Waals surface area contributed by atoms with E-state index in [0.717, 1.165) is 6.07 Å². The maximum absolute atomic E-state index is 13.8. The zero-order valence-electron chi connectivity index (χ0n) is 9.57. The van der Waals surface area contributed by atoms with Crippen molar-refractivity contribution >= 4 is 31.6 Å². The highest BCUT2D eigenvalue weighted by Crippen LogP contribution is 2.28. The van der Waals surface area contributed by atoms with Gasteiger partial charge in [0, 0.05) is 18.8 Å². The van der Waals surface area contributed by atoms with Crippen molar-refractivity contribution in [3.8, 4) is 0 Å². The van der Waals surface area contributed by atoms with E-state index in [1.54, 1.807) is 13.8 Å². The molecule has 0 spiro atoms. The molecule has 0 aromatic heterocycles. The van der Waals surface area contributed by atoms with Crippen molar-refractivity contribution in [1.82, 2.24) is 4.31 Å². The van der Waals surface area contributed by atoms with Crippen molar-refractivity contribution in [2.24, 2.45) is 0 Å². The van der Waals surface area contributed by atoms with Gasteiger partial charge in [-0.3, -0.25) is 0 Å². The van der Waals surface area contributed by atoms with Gasteiger partial charge in [-0.2, -0.15) is 4.31 Å². The van der Waals surface area contributed by atoms with Gasteiger partial charge >= 0.3 is 0 Å². The first-order valence-electron chi connectivity index (χ1n) is 5.09. The summed E-state index contributed by atoms with van der Waals surface area (Å²) in [6, 6.07) is 2.46. The van der Waals surface area contributed by atoms with Gasteiger partial charge in [0.1, 0.15) is 4.90 Å². The molecule has 0 saturated carbocycles. The monoisotopic (exact) mass is 324 g/mol. The molecule has 96 valence electrons. The first kappa shape index (κ1) is 14.4. The fourth-order valence-electron chi connectivity index (χ4n) is 1.47. The van der Waals surface area contributed by atoms with E-state index in [4.69, 9.17) is 5.73 Å². The number of hydrogen-bond acceptors (Lipinski definition) is 3. The van der Waals surface area contributed by atoms with Crippen LogP contribution in [0.15, 0.2) is 21.5 Å². The lowest BCUT2D eigenvalue weighted by atomic mass is 10.3.